The van der Waals surface area contributed by atoms with Crippen LogP contribution in [0.4, 0.5) is 0 Å². The van der Waals surface area contributed by atoms with Crippen LogP contribution in [0.3, 0.4) is 0 Å². The second-order valence-corrected chi connectivity index (χ2v) is 5.82. The normalized spacial score (nSPS) is 12.5. The second kappa shape index (κ2) is 5.90. The van der Waals surface area contributed by atoms with Gasteiger partial charge in [-0.2, -0.15) is 0 Å². The molecule has 0 amide bonds. The summed E-state index contributed by atoms with van der Waals surface area (Å²) in [5.41, 5.74) is 8.40. The average molecular weight is 335 g/mol. The third-order valence-corrected chi connectivity index (χ3v) is 4.40. The Kier molecular flexibility index (Phi) is 4.65. The molecule has 0 radical (unpaired) electrons. The minimum absolute atomic E-state index is 0.0196. The molecule has 100 valence electrons. The molecule has 19 heavy (non-hydrogen) atoms. The van der Waals surface area contributed by atoms with Crippen LogP contribution < -0.4 is 5.73 Å². The fourth-order valence-corrected chi connectivity index (χ4v) is 2.91. The zero-order chi connectivity index (χ0) is 14.2. The van der Waals surface area contributed by atoms with E-state index in [2.05, 4.69) is 0 Å². The summed E-state index contributed by atoms with van der Waals surface area (Å²) in [6.45, 7) is 1.92. The van der Waals surface area contributed by atoms with Crippen molar-refractivity contribution in [3.63, 3.8) is 0 Å². The van der Waals surface area contributed by atoms with E-state index in [-0.39, 0.29) is 6.04 Å². The van der Waals surface area contributed by atoms with E-state index in [4.69, 9.17) is 52.1 Å². The highest BCUT2D eigenvalue weighted by atomic mass is 35.5. The molecule has 0 bridgehead atoms. The van der Waals surface area contributed by atoms with Gasteiger partial charge in [0.15, 0.2) is 0 Å². The highest BCUT2D eigenvalue weighted by Crippen LogP contribution is 2.43. The quantitative estimate of drug-likeness (QED) is 0.530. The number of hydrogen-bond donors (Lipinski definition) is 1. The molecule has 2 N–H and O–H groups in total. The lowest BCUT2D eigenvalue weighted by atomic mass is 10.0. The van der Waals surface area contributed by atoms with Gasteiger partial charge < -0.3 is 5.73 Å². The van der Waals surface area contributed by atoms with Crippen LogP contribution in [0.1, 0.15) is 18.5 Å². The molecule has 2 aromatic carbocycles. The smallest absolute Gasteiger partial charge is 0.0785 e. The number of rotatable bonds is 2. The molecule has 0 fully saturated rings. The van der Waals surface area contributed by atoms with Crippen molar-refractivity contribution in [1.29, 1.82) is 0 Å². The molecule has 5 heteroatoms. The van der Waals surface area contributed by atoms with E-state index >= 15 is 0 Å². The Balaban J connectivity index is 2.56. The summed E-state index contributed by atoms with van der Waals surface area (Å²) in [6, 6.07) is 9.27. The lowest BCUT2D eigenvalue weighted by molar-refractivity contribution is 0.818. The molecular formula is C14H11Cl4N. The van der Waals surface area contributed by atoms with E-state index in [0.29, 0.717) is 25.7 Å². The first kappa shape index (κ1) is 15.0. The summed E-state index contributed by atoms with van der Waals surface area (Å²) < 4.78 is 0. The van der Waals surface area contributed by atoms with Crippen LogP contribution in [0.5, 0.6) is 0 Å². The molecule has 2 aromatic rings. The van der Waals surface area contributed by atoms with Crippen molar-refractivity contribution in [2.45, 2.75) is 13.0 Å². The van der Waals surface area contributed by atoms with Crippen molar-refractivity contribution in [1.82, 2.24) is 0 Å². The third-order valence-electron chi connectivity index (χ3n) is 2.84. The Morgan fingerprint density at radius 2 is 1.47 bits per heavy atom. The first-order valence-corrected chi connectivity index (χ1v) is 7.12. The van der Waals surface area contributed by atoms with Crippen LogP contribution in [0.25, 0.3) is 11.1 Å². The van der Waals surface area contributed by atoms with Crippen molar-refractivity contribution < 1.29 is 0 Å². The van der Waals surface area contributed by atoms with Crippen LogP contribution in [0.15, 0.2) is 30.3 Å². The maximum absolute atomic E-state index is 6.22. The van der Waals surface area contributed by atoms with Gasteiger partial charge in [-0.25, -0.2) is 0 Å². The summed E-state index contributed by atoms with van der Waals surface area (Å²) in [5.74, 6) is 0. The Labute approximate surface area is 132 Å². The van der Waals surface area contributed by atoms with Gasteiger partial charge in [0.25, 0.3) is 0 Å². The van der Waals surface area contributed by atoms with Gasteiger partial charge in [0.2, 0.25) is 0 Å². The zero-order valence-electron chi connectivity index (χ0n) is 10.1. The molecule has 0 heterocycles. The van der Waals surface area contributed by atoms with Gasteiger partial charge >= 0.3 is 0 Å². The summed E-state index contributed by atoms with van der Waals surface area (Å²) in [5, 5.41) is 1.47. The van der Waals surface area contributed by atoms with Gasteiger partial charge in [0.1, 0.15) is 0 Å². The SMILES string of the molecule is CC(N)c1ccc(-c2c(Cl)cc(Cl)c(Cl)c2Cl)cc1. The Hall–Kier alpha value is -0.440. The minimum Gasteiger partial charge on any atom is -0.324 e. The Morgan fingerprint density at radius 1 is 0.895 bits per heavy atom. The number of benzene rings is 2. The Bertz CT molecular complexity index is 606. The zero-order valence-corrected chi connectivity index (χ0v) is 13.1. The predicted molar refractivity (Wildman–Crippen MR) is 84.5 cm³/mol. The molecule has 1 nitrogen and oxygen atoms in total. The van der Waals surface area contributed by atoms with E-state index in [1.165, 1.54) is 0 Å². The summed E-state index contributed by atoms with van der Waals surface area (Å²) >= 11 is 24.4. The van der Waals surface area contributed by atoms with Crippen LogP contribution in [-0.4, -0.2) is 0 Å². The van der Waals surface area contributed by atoms with E-state index in [1.807, 2.05) is 31.2 Å². The molecule has 0 spiro atoms. The largest absolute Gasteiger partial charge is 0.324 e. The molecule has 0 saturated carbocycles. The van der Waals surface area contributed by atoms with Gasteiger partial charge in [-0.05, 0) is 24.1 Å². The van der Waals surface area contributed by atoms with Gasteiger partial charge in [-0.1, -0.05) is 70.7 Å². The summed E-state index contributed by atoms with van der Waals surface area (Å²) in [4.78, 5) is 0. The molecule has 0 aliphatic carbocycles. The van der Waals surface area contributed by atoms with E-state index in [1.54, 1.807) is 6.07 Å². The van der Waals surface area contributed by atoms with Crippen LogP contribution in [-0.2, 0) is 0 Å². The first-order valence-electron chi connectivity index (χ1n) is 5.60. The first-order chi connectivity index (χ1) is 8.91. The molecule has 0 aliphatic heterocycles. The number of halogens is 4. The fourth-order valence-electron chi connectivity index (χ4n) is 1.78. The molecular weight excluding hydrogens is 324 g/mol. The molecule has 2 rings (SSSR count). The van der Waals surface area contributed by atoms with Crippen LogP contribution in [0, 0.1) is 0 Å². The molecule has 1 atom stereocenters. The van der Waals surface area contributed by atoms with E-state index in [9.17, 15) is 0 Å². The van der Waals surface area contributed by atoms with Gasteiger partial charge in [0, 0.05) is 11.6 Å². The molecule has 0 saturated heterocycles. The highest BCUT2D eigenvalue weighted by Gasteiger charge is 2.15. The topological polar surface area (TPSA) is 26.0 Å². The van der Waals surface area contributed by atoms with E-state index in [0.717, 1.165) is 11.1 Å². The van der Waals surface area contributed by atoms with Crippen molar-refractivity contribution in [3.05, 3.63) is 56.0 Å². The van der Waals surface area contributed by atoms with Crippen LogP contribution >= 0.6 is 46.4 Å². The van der Waals surface area contributed by atoms with E-state index < -0.39 is 0 Å². The lowest BCUT2D eigenvalue weighted by Crippen LogP contribution is -2.04. The monoisotopic (exact) mass is 333 g/mol. The lowest BCUT2D eigenvalue weighted by Gasteiger charge is -2.12. The summed E-state index contributed by atoms with van der Waals surface area (Å²) in [6.07, 6.45) is 0. The number of nitrogens with two attached hydrogens (primary N) is 1. The van der Waals surface area contributed by atoms with Gasteiger partial charge in [-0.3, -0.25) is 0 Å². The fraction of sp³-hybridized carbons (Fsp3) is 0.143. The Morgan fingerprint density at radius 3 is 2.00 bits per heavy atom. The van der Waals surface area contributed by atoms with Gasteiger partial charge in [0.05, 0.1) is 20.1 Å². The standard InChI is InChI=1S/C14H11Cl4N/c1-7(19)8-2-4-9(5-3-8)12-10(15)6-11(16)13(17)14(12)18/h2-7H,19H2,1H3. The predicted octanol–water partition coefficient (Wildman–Crippen LogP) is 5.99. The summed E-state index contributed by atoms with van der Waals surface area (Å²) in [7, 11) is 0. The molecule has 0 aromatic heterocycles. The van der Waals surface area contributed by atoms with Crippen molar-refractivity contribution in [2.24, 2.45) is 5.73 Å². The molecule has 0 aliphatic rings. The van der Waals surface area contributed by atoms with Crippen molar-refractivity contribution in [3.8, 4) is 11.1 Å². The minimum atomic E-state index is -0.0196. The maximum Gasteiger partial charge on any atom is 0.0785 e. The van der Waals surface area contributed by atoms with Crippen LogP contribution in [0.2, 0.25) is 20.1 Å². The third kappa shape index (κ3) is 3.01. The van der Waals surface area contributed by atoms with Crippen molar-refractivity contribution >= 4 is 46.4 Å². The second-order valence-electron chi connectivity index (χ2n) is 4.25. The van der Waals surface area contributed by atoms with Crippen molar-refractivity contribution in [2.75, 3.05) is 0 Å². The maximum atomic E-state index is 6.22. The highest BCUT2D eigenvalue weighted by molar-refractivity contribution is 6.51. The number of hydrogen-bond acceptors (Lipinski definition) is 1. The molecule has 1 unspecified atom stereocenters. The average Bonchev–Trinajstić information content (AvgIpc) is 2.37. The van der Waals surface area contributed by atoms with Gasteiger partial charge in [-0.15, -0.1) is 0 Å².